The van der Waals surface area contributed by atoms with Crippen LogP contribution < -0.4 is 5.73 Å². The average molecular weight is 212 g/mol. The number of hydrogen-bond donors (Lipinski definition) is 2. The lowest BCUT2D eigenvalue weighted by Crippen LogP contribution is -2.38. The molecule has 0 aliphatic heterocycles. The summed E-state index contributed by atoms with van der Waals surface area (Å²) in [6.45, 7) is 3.17. The first-order valence-electron chi connectivity index (χ1n) is 5.52. The number of nitrogens with two attached hydrogens (primary N) is 1. The second-order valence-corrected chi connectivity index (χ2v) is 3.94. The lowest BCUT2D eigenvalue weighted by molar-refractivity contribution is -0.134. The highest BCUT2D eigenvalue weighted by molar-refractivity contribution is 5.81. The summed E-state index contributed by atoms with van der Waals surface area (Å²) < 4.78 is 0. The van der Waals surface area contributed by atoms with Crippen LogP contribution in [0.3, 0.4) is 0 Å². The minimum atomic E-state index is -0.0851. The van der Waals surface area contributed by atoms with E-state index in [1.165, 1.54) is 0 Å². The van der Waals surface area contributed by atoms with Gasteiger partial charge in [0.2, 0.25) is 5.91 Å². The first-order valence-corrected chi connectivity index (χ1v) is 5.52. The first kappa shape index (κ1) is 12.2. The molecule has 0 aromatic rings. The summed E-state index contributed by atoms with van der Waals surface area (Å²) in [7, 11) is 0. The molecule has 0 heterocycles. The maximum atomic E-state index is 12.0. The largest absolute Gasteiger partial charge is 0.395 e. The lowest BCUT2D eigenvalue weighted by Gasteiger charge is -2.24. The van der Waals surface area contributed by atoms with Crippen molar-refractivity contribution in [3.8, 4) is 0 Å². The number of amides is 1. The van der Waals surface area contributed by atoms with Crippen molar-refractivity contribution in [3.05, 3.63) is 12.2 Å². The van der Waals surface area contributed by atoms with E-state index in [2.05, 4.69) is 0 Å². The number of hydrogen-bond acceptors (Lipinski definition) is 3. The van der Waals surface area contributed by atoms with E-state index in [0.29, 0.717) is 19.5 Å². The molecule has 0 radical (unpaired) electrons. The number of nitrogens with zero attached hydrogens (tertiary/aromatic N) is 1. The van der Waals surface area contributed by atoms with Crippen molar-refractivity contribution >= 4 is 5.91 Å². The molecule has 15 heavy (non-hydrogen) atoms. The second-order valence-electron chi connectivity index (χ2n) is 3.94. The van der Waals surface area contributed by atoms with Crippen LogP contribution in [0.15, 0.2) is 12.2 Å². The minimum absolute atomic E-state index is 0.0107. The van der Waals surface area contributed by atoms with Gasteiger partial charge in [-0.25, -0.2) is 0 Å². The van der Waals surface area contributed by atoms with Gasteiger partial charge in [0, 0.05) is 19.1 Å². The third-order valence-corrected chi connectivity index (χ3v) is 2.61. The summed E-state index contributed by atoms with van der Waals surface area (Å²) in [4.78, 5) is 13.7. The molecule has 0 bridgehead atoms. The molecule has 1 aliphatic carbocycles. The summed E-state index contributed by atoms with van der Waals surface area (Å²) in [5.74, 6) is 0.00759. The molecule has 2 unspecified atom stereocenters. The van der Waals surface area contributed by atoms with Gasteiger partial charge in [0.05, 0.1) is 12.5 Å². The Kier molecular flexibility index (Phi) is 4.78. The molecule has 0 aromatic heterocycles. The van der Waals surface area contributed by atoms with Gasteiger partial charge < -0.3 is 15.7 Å². The molecule has 0 saturated carbocycles. The molecule has 3 N–H and O–H groups in total. The summed E-state index contributed by atoms with van der Waals surface area (Å²) in [6.07, 6.45) is 5.37. The highest BCUT2D eigenvalue weighted by atomic mass is 16.3. The van der Waals surface area contributed by atoms with Crippen LogP contribution in [-0.4, -0.2) is 41.7 Å². The fourth-order valence-corrected chi connectivity index (χ4v) is 1.87. The number of aliphatic hydroxyl groups is 1. The van der Waals surface area contributed by atoms with Crippen molar-refractivity contribution in [2.24, 2.45) is 11.7 Å². The van der Waals surface area contributed by atoms with Crippen LogP contribution in [0.1, 0.15) is 19.8 Å². The molecular weight excluding hydrogens is 192 g/mol. The molecule has 1 rings (SSSR count). The topological polar surface area (TPSA) is 66.6 Å². The van der Waals surface area contributed by atoms with Crippen molar-refractivity contribution in [1.29, 1.82) is 0 Å². The van der Waals surface area contributed by atoms with E-state index >= 15 is 0 Å². The molecule has 0 aromatic carbocycles. The van der Waals surface area contributed by atoms with Crippen LogP contribution in [0.4, 0.5) is 0 Å². The van der Waals surface area contributed by atoms with Gasteiger partial charge in [-0.3, -0.25) is 4.79 Å². The Morgan fingerprint density at radius 1 is 1.53 bits per heavy atom. The number of carbonyl (C=O) groups is 1. The van der Waals surface area contributed by atoms with Gasteiger partial charge >= 0.3 is 0 Å². The normalized spacial score (nSPS) is 24.5. The monoisotopic (exact) mass is 212 g/mol. The van der Waals surface area contributed by atoms with Crippen LogP contribution in [-0.2, 0) is 4.79 Å². The van der Waals surface area contributed by atoms with Gasteiger partial charge in [0.1, 0.15) is 0 Å². The fraction of sp³-hybridized carbons (Fsp3) is 0.727. The molecule has 0 fully saturated rings. The zero-order chi connectivity index (χ0) is 11.3. The highest BCUT2D eigenvalue weighted by Crippen LogP contribution is 2.19. The zero-order valence-corrected chi connectivity index (χ0v) is 9.22. The Hall–Kier alpha value is -0.870. The van der Waals surface area contributed by atoms with Gasteiger partial charge in [-0.05, 0) is 12.8 Å². The fourth-order valence-electron chi connectivity index (χ4n) is 1.87. The van der Waals surface area contributed by atoms with Gasteiger partial charge in [-0.15, -0.1) is 0 Å². The van der Waals surface area contributed by atoms with E-state index in [9.17, 15) is 4.79 Å². The van der Waals surface area contributed by atoms with Crippen molar-refractivity contribution < 1.29 is 9.90 Å². The maximum absolute atomic E-state index is 12.0. The van der Waals surface area contributed by atoms with E-state index < -0.39 is 0 Å². The Morgan fingerprint density at radius 3 is 2.73 bits per heavy atom. The van der Waals surface area contributed by atoms with Crippen LogP contribution in [0.5, 0.6) is 0 Å². The van der Waals surface area contributed by atoms with Crippen molar-refractivity contribution in [3.63, 3.8) is 0 Å². The number of carbonyl (C=O) groups excluding carboxylic acids is 1. The smallest absolute Gasteiger partial charge is 0.229 e. The summed E-state index contributed by atoms with van der Waals surface area (Å²) in [5.41, 5.74) is 5.70. The lowest BCUT2D eigenvalue weighted by atomic mass is 10.1. The predicted octanol–water partition coefficient (Wildman–Crippen LogP) is 0.121. The number of aliphatic hydroxyl groups excluding tert-OH is 1. The molecule has 0 spiro atoms. The predicted molar refractivity (Wildman–Crippen MR) is 59.2 cm³/mol. The Balaban J connectivity index is 2.52. The van der Waals surface area contributed by atoms with Crippen molar-refractivity contribution in [1.82, 2.24) is 4.90 Å². The zero-order valence-electron chi connectivity index (χ0n) is 9.22. The quantitative estimate of drug-likeness (QED) is 0.636. The minimum Gasteiger partial charge on any atom is -0.395 e. The molecule has 4 nitrogen and oxygen atoms in total. The molecule has 86 valence electrons. The SMILES string of the molecule is CCCN(CCO)C(=O)C1C=CC(N)C1. The van der Waals surface area contributed by atoms with E-state index in [1.807, 2.05) is 19.1 Å². The Morgan fingerprint density at radius 2 is 2.27 bits per heavy atom. The van der Waals surface area contributed by atoms with E-state index in [0.717, 1.165) is 6.42 Å². The Labute approximate surface area is 90.7 Å². The third kappa shape index (κ3) is 3.32. The van der Waals surface area contributed by atoms with Gasteiger partial charge in [0.15, 0.2) is 0 Å². The first-order chi connectivity index (χ1) is 7.19. The average Bonchev–Trinajstić information content (AvgIpc) is 2.63. The molecular formula is C11H20N2O2. The van der Waals surface area contributed by atoms with Crippen LogP contribution in [0.2, 0.25) is 0 Å². The molecule has 4 heteroatoms. The Bertz CT molecular complexity index is 235. The van der Waals surface area contributed by atoms with E-state index in [4.69, 9.17) is 10.8 Å². The summed E-state index contributed by atoms with van der Waals surface area (Å²) in [5, 5.41) is 8.87. The van der Waals surface area contributed by atoms with Gasteiger partial charge in [-0.1, -0.05) is 19.1 Å². The van der Waals surface area contributed by atoms with Crippen LogP contribution in [0.25, 0.3) is 0 Å². The molecule has 1 amide bonds. The molecule has 0 saturated heterocycles. The maximum Gasteiger partial charge on any atom is 0.229 e. The van der Waals surface area contributed by atoms with Crippen molar-refractivity contribution in [2.75, 3.05) is 19.7 Å². The van der Waals surface area contributed by atoms with Crippen LogP contribution >= 0.6 is 0 Å². The third-order valence-electron chi connectivity index (χ3n) is 2.61. The summed E-state index contributed by atoms with van der Waals surface area (Å²) >= 11 is 0. The second kappa shape index (κ2) is 5.88. The highest BCUT2D eigenvalue weighted by Gasteiger charge is 2.26. The van der Waals surface area contributed by atoms with Gasteiger partial charge in [0.25, 0.3) is 0 Å². The number of rotatable bonds is 5. The van der Waals surface area contributed by atoms with E-state index in [-0.39, 0.29) is 24.5 Å². The van der Waals surface area contributed by atoms with Crippen LogP contribution in [0, 0.1) is 5.92 Å². The molecule has 1 aliphatic rings. The van der Waals surface area contributed by atoms with Gasteiger partial charge in [-0.2, -0.15) is 0 Å². The standard InChI is InChI=1S/C11H20N2O2/c1-2-5-13(6-7-14)11(15)9-3-4-10(12)8-9/h3-4,9-10,14H,2,5-8,12H2,1H3. The summed E-state index contributed by atoms with van der Waals surface area (Å²) in [6, 6.07) is 0.0107. The van der Waals surface area contributed by atoms with Crippen molar-refractivity contribution in [2.45, 2.75) is 25.8 Å². The molecule has 2 atom stereocenters. The van der Waals surface area contributed by atoms with E-state index in [1.54, 1.807) is 4.90 Å².